The molecule has 0 N–H and O–H groups in total. The molecule has 0 aromatic carbocycles. The maximum Gasteiger partial charge on any atom is 0.396 e. The molecule has 0 aliphatic carbocycles. The average molecular weight is 201 g/mol. The Morgan fingerprint density at radius 3 is 2.36 bits per heavy atom. The second-order valence-corrected chi connectivity index (χ2v) is 3.15. The quantitative estimate of drug-likeness (QED) is 0.381. The van der Waals surface area contributed by atoms with E-state index in [4.69, 9.17) is 0 Å². The molecule has 0 aromatic rings. The van der Waals surface area contributed by atoms with Crippen molar-refractivity contribution in [3.8, 4) is 0 Å². The summed E-state index contributed by atoms with van der Waals surface area (Å²) in [7, 11) is 1.62. The molecule has 4 nitrogen and oxygen atoms in total. The van der Waals surface area contributed by atoms with Crippen LogP contribution < -0.4 is 0 Å². The summed E-state index contributed by atoms with van der Waals surface area (Å²) < 4.78 is 4.60. The van der Waals surface area contributed by atoms with Crippen LogP contribution in [-0.2, 0) is 14.3 Å². The lowest BCUT2D eigenvalue weighted by molar-refractivity contribution is -0.159. The summed E-state index contributed by atoms with van der Waals surface area (Å²) in [6, 6.07) is 0. The highest BCUT2D eigenvalue weighted by molar-refractivity contribution is 6.32. The molecule has 82 valence electrons. The van der Waals surface area contributed by atoms with Crippen molar-refractivity contribution in [1.29, 1.82) is 0 Å². The summed E-state index contributed by atoms with van der Waals surface area (Å²) in [6.45, 7) is 4.63. The summed E-state index contributed by atoms with van der Waals surface area (Å²) in [5.74, 6) is -1.31. The summed E-state index contributed by atoms with van der Waals surface area (Å²) in [5, 5.41) is 0. The van der Waals surface area contributed by atoms with Gasteiger partial charge in [-0.3, -0.25) is 4.79 Å². The van der Waals surface area contributed by atoms with E-state index < -0.39 is 11.9 Å². The molecular weight excluding hydrogens is 182 g/mol. The van der Waals surface area contributed by atoms with Gasteiger partial charge in [-0.05, 0) is 13.3 Å². The number of hydrogen-bond donors (Lipinski definition) is 0. The van der Waals surface area contributed by atoms with Gasteiger partial charge in [-0.1, -0.05) is 19.8 Å². The second kappa shape index (κ2) is 7.35. The molecule has 0 saturated heterocycles. The molecule has 0 rings (SSSR count). The van der Waals surface area contributed by atoms with E-state index in [0.29, 0.717) is 6.54 Å². The van der Waals surface area contributed by atoms with Gasteiger partial charge in [-0.25, -0.2) is 4.79 Å². The van der Waals surface area contributed by atoms with Gasteiger partial charge >= 0.3 is 11.9 Å². The number of carbonyl (C=O) groups excluding carboxylic acids is 2. The highest BCUT2D eigenvalue weighted by Gasteiger charge is 2.18. The topological polar surface area (TPSA) is 46.6 Å². The highest BCUT2D eigenvalue weighted by Crippen LogP contribution is 1.97. The first-order valence-corrected chi connectivity index (χ1v) is 5.05. The molecular formula is C10H19NO3. The largest absolute Gasteiger partial charge is 0.459 e. The third-order valence-corrected chi connectivity index (χ3v) is 1.89. The Hall–Kier alpha value is -1.06. The second-order valence-electron chi connectivity index (χ2n) is 3.15. The van der Waals surface area contributed by atoms with Crippen molar-refractivity contribution in [2.75, 3.05) is 20.2 Å². The van der Waals surface area contributed by atoms with E-state index >= 15 is 0 Å². The van der Waals surface area contributed by atoms with Crippen LogP contribution in [0.1, 0.15) is 33.1 Å². The van der Waals surface area contributed by atoms with Gasteiger partial charge in [0.1, 0.15) is 0 Å². The highest BCUT2D eigenvalue weighted by atomic mass is 16.5. The molecule has 0 radical (unpaired) electrons. The van der Waals surface area contributed by atoms with Gasteiger partial charge in [-0.15, -0.1) is 0 Å². The number of nitrogens with zero attached hydrogens (tertiary/aromatic N) is 1. The van der Waals surface area contributed by atoms with Crippen molar-refractivity contribution in [3.05, 3.63) is 0 Å². The number of esters is 1. The molecule has 0 aliphatic heterocycles. The van der Waals surface area contributed by atoms with Crippen molar-refractivity contribution >= 4 is 11.9 Å². The first kappa shape index (κ1) is 12.9. The average Bonchev–Trinajstić information content (AvgIpc) is 2.17. The van der Waals surface area contributed by atoms with E-state index in [9.17, 15) is 9.59 Å². The van der Waals surface area contributed by atoms with Crippen LogP contribution in [0.25, 0.3) is 0 Å². The van der Waals surface area contributed by atoms with Gasteiger partial charge < -0.3 is 9.64 Å². The van der Waals surface area contributed by atoms with Crippen LogP contribution in [0.5, 0.6) is 0 Å². The van der Waals surface area contributed by atoms with Gasteiger partial charge in [-0.2, -0.15) is 0 Å². The van der Waals surface area contributed by atoms with Gasteiger partial charge in [0.05, 0.1) is 6.61 Å². The van der Waals surface area contributed by atoms with Crippen LogP contribution in [0.2, 0.25) is 0 Å². The van der Waals surface area contributed by atoms with Crippen molar-refractivity contribution in [2.45, 2.75) is 33.1 Å². The molecule has 1 amide bonds. The fourth-order valence-corrected chi connectivity index (χ4v) is 1.05. The van der Waals surface area contributed by atoms with E-state index in [2.05, 4.69) is 11.7 Å². The zero-order valence-electron chi connectivity index (χ0n) is 9.21. The fraction of sp³-hybridized carbons (Fsp3) is 0.800. The smallest absolute Gasteiger partial charge is 0.396 e. The third kappa shape index (κ3) is 4.84. The first-order chi connectivity index (χ1) is 6.63. The van der Waals surface area contributed by atoms with E-state index in [1.807, 2.05) is 0 Å². The van der Waals surface area contributed by atoms with E-state index in [1.165, 1.54) is 4.90 Å². The molecule has 14 heavy (non-hydrogen) atoms. The molecule has 0 bridgehead atoms. The standard InChI is InChI=1S/C10H19NO3/c1-4-6-7-8-11(3)9(12)10(13)14-5-2/h4-8H2,1-3H3. The van der Waals surface area contributed by atoms with Crippen molar-refractivity contribution in [2.24, 2.45) is 0 Å². The number of carbonyl (C=O) groups is 2. The Kier molecular flexibility index (Phi) is 6.80. The molecule has 0 saturated carbocycles. The summed E-state index contributed by atoms with van der Waals surface area (Å²) in [5.41, 5.74) is 0. The minimum atomic E-state index is -0.758. The summed E-state index contributed by atoms with van der Waals surface area (Å²) in [4.78, 5) is 23.7. The molecule has 4 heteroatoms. The van der Waals surface area contributed by atoms with Gasteiger partial charge in [0.15, 0.2) is 0 Å². The van der Waals surface area contributed by atoms with Crippen LogP contribution in [0, 0.1) is 0 Å². The Bertz CT molecular complexity index is 192. The van der Waals surface area contributed by atoms with Gasteiger partial charge in [0.2, 0.25) is 0 Å². The number of amides is 1. The lowest BCUT2D eigenvalue weighted by atomic mass is 10.2. The molecule has 0 fully saturated rings. The molecule has 0 spiro atoms. The number of unbranched alkanes of at least 4 members (excludes halogenated alkanes) is 2. The third-order valence-electron chi connectivity index (χ3n) is 1.89. The molecule has 0 aromatic heterocycles. The van der Waals surface area contributed by atoms with Crippen molar-refractivity contribution in [1.82, 2.24) is 4.90 Å². The van der Waals surface area contributed by atoms with Crippen molar-refractivity contribution in [3.63, 3.8) is 0 Å². The van der Waals surface area contributed by atoms with E-state index in [0.717, 1.165) is 19.3 Å². The molecule has 0 aliphatic rings. The predicted molar refractivity (Wildman–Crippen MR) is 53.8 cm³/mol. The van der Waals surface area contributed by atoms with Crippen LogP contribution >= 0.6 is 0 Å². The Labute approximate surface area is 85.2 Å². The Morgan fingerprint density at radius 1 is 1.21 bits per heavy atom. The van der Waals surface area contributed by atoms with E-state index in [-0.39, 0.29) is 6.61 Å². The monoisotopic (exact) mass is 201 g/mol. The zero-order valence-corrected chi connectivity index (χ0v) is 9.21. The number of likely N-dealkylation sites (N-methyl/N-ethyl adjacent to an activating group) is 1. The molecule has 0 heterocycles. The Morgan fingerprint density at radius 2 is 1.86 bits per heavy atom. The maximum atomic E-state index is 11.3. The normalized spacial score (nSPS) is 9.64. The summed E-state index contributed by atoms with van der Waals surface area (Å²) >= 11 is 0. The number of rotatable bonds is 5. The van der Waals surface area contributed by atoms with Crippen LogP contribution in [0.15, 0.2) is 0 Å². The van der Waals surface area contributed by atoms with Crippen molar-refractivity contribution < 1.29 is 14.3 Å². The number of hydrogen-bond acceptors (Lipinski definition) is 3. The van der Waals surface area contributed by atoms with Crippen LogP contribution in [-0.4, -0.2) is 37.0 Å². The summed E-state index contributed by atoms with van der Waals surface area (Å²) in [6.07, 6.45) is 3.10. The lowest BCUT2D eigenvalue weighted by Gasteiger charge is -2.15. The molecule has 0 atom stereocenters. The minimum absolute atomic E-state index is 0.243. The van der Waals surface area contributed by atoms with Gasteiger partial charge in [0.25, 0.3) is 0 Å². The SMILES string of the molecule is CCCCCN(C)C(=O)C(=O)OCC. The molecule has 0 unspecified atom stereocenters. The van der Waals surface area contributed by atoms with E-state index in [1.54, 1.807) is 14.0 Å². The van der Waals surface area contributed by atoms with Crippen LogP contribution in [0.4, 0.5) is 0 Å². The lowest BCUT2D eigenvalue weighted by Crippen LogP contribution is -2.35. The first-order valence-electron chi connectivity index (χ1n) is 5.05. The van der Waals surface area contributed by atoms with Gasteiger partial charge in [0, 0.05) is 13.6 Å². The predicted octanol–water partition coefficient (Wildman–Crippen LogP) is 1.20. The van der Waals surface area contributed by atoms with Crippen LogP contribution in [0.3, 0.4) is 0 Å². The maximum absolute atomic E-state index is 11.3. The number of ether oxygens (including phenoxy) is 1. The zero-order chi connectivity index (χ0) is 11.0. The fourth-order valence-electron chi connectivity index (χ4n) is 1.05. The minimum Gasteiger partial charge on any atom is -0.459 e. The Balaban J connectivity index is 3.80.